The van der Waals surface area contributed by atoms with Gasteiger partial charge in [0.2, 0.25) is 0 Å². The summed E-state index contributed by atoms with van der Waals surface area (Å²) in [5.41, 5.74) is 7.11. The van der Waals surface area contributed by atoms with Crippen LogP contribution in [0.25, 0.3) is 10.1 Å². The first-order chi connectivity index (χ1) is 6.22. The molecule has 1 nitrogen and oxygen atoms in total. The van der Waals surface area contributed by atoms with Crippen LogP contribution in [-0.4, -0.2) is 6.26 Å². The lowest BCUT2D eigenvalue weighted by molar-refractivity contribution is 1.48. The van der Waals surface area contributed by atoms with E-state index >= 15 is 0 Å². The molecule has 1 aromatic carbocycles. The molecule has 0 unspecified atom stereocenters. The van der Waals surface area contributed by atoms with Crippen LogP contribution in [0.1, 0.15) is 5.56 Å². The molecule has 0 atom stereocenters. The van der Waals surface area contributed by atoms with Crippen LogP contribution in [0.4, 0.5) is 5.00 Å². The van der Waals surface area contributed by atoms with Crippen molar-refractivity contribution in [2.75, 3.05) is 12.0 Å². The van der Waals surface area contributed by atoms with Gasteiger partial charge < -0.3 is 5.73 Å². The van der Waals surface area contributed by atoms with Crippen molar-refractivity contribution in [2.45, 2.75) is 11.8 Å². The Morgan fingerprint density at radius 2 is 2.15 bits per heavy atom. The second-order valence-electron chi connectivity index (χ2n) is 2.98. The van der Waals surface area contributed by atoms with Gasteiger partial charge in [-0.2, -0.15) is 0 Å². The number of nitrogen functional groups attached to an aromatic ring is 1. The van der Waals surface area contributed by atoms with Crippen LogP contribution in [0.3, 0.4) is 0 Å². The van der Waals surface area contributed by atoms with E-state index in [4.69, 9.17) is 5.73 Å². The average molecular weight is 209 g/mol. The first kappa shape index (κ1) is 8.91. The number of hydrogen-bond donors (Lipinski definition) is 1. The molecule has 0 spiro atoms. The Labute approximate surface area is 85.9 Å². The molecule has 2 N–H and O–H groups in total. The van der Waals surface area contributed by atoms with E-state index in [-0.39, 0.29) is 0 Å². The van der Waals surface area contributed by atoms with E-state index in [9.17, 15) is 0 Å². The van der Waals surface area contributed by atoms with Gasteiger partial charge in [0.05, 0.1) is 5.00 Å². The largest absolute Gasteiger partial charge is 0.391 e. The number of benzene rings is 1. The summed E-state index contributed by atoms with van der Waals surface area (Å²) in [6, 6.07) is 6.39. The molecule has 13 heavy (non-hydrogen) atoms. The maximum atomic E-state index is 5.79. The Kier molecular flexibility index (Phi) is 2.22. The smallest absolute Gasteiger partial charge is 0.0869 e. The Balaban J connectivity index is 2.83. The highest BCUT2D eigenvalue weighted by Crippen LogP contribution is 2.36. The second-order valence-corrected chi connectivity index (χ2v) is 4.91. The van der Waals surface area contributed by atoms with E-state index in [0.717, 1.165) is 5.00 Å². The number of thiophene rings is 1. The molecule has 0 fully saturated rings. The summed E-state index contributed by atoms with van der Waals surface area (Å²) >= 11 is 3.44. The molecule has 3 heteroatoms. The lowest BCUT2D eigenvalue weighted by Crippen LogP contribution is -1.75. The summed E-state index contributed by atoms with van der Waals surface area (Å²) in [7, 11) is 0. The van der Waals surface area contributed by atoms with Gasteiger partial charge >= 0.3 is 0 Å². The van der Waals surface area contributed by atoms with Crippen LogP contribution >= 0.6 is 23.1 Å². The molecule has 1 heterocycles. The Morgan fingerprint density at radius 3 is 2.85 bits per heavy atom. The number of anilines is 1. The normalized spacial score (nSPS) is 10.9. The minimum absolute atomic E-state index is 0.902. The predicted octanol–water partition coefficient (Wildman–Crippen LogP) is 3.51. The molecule has 0 aliphatic carbocycles. The summed E-state index contributed by atoms with van der Waals surface area (Å²) in [5, 5.41) is 2.20. The van der Waals surface area contributed by atoms with Crippen molar-refractivity contribution in [3.63, 3.8) is 0 Å². The molecule has 0 amide bonds. The van der Waals surface area contributed by atoms with E-state index in [0.29, 0.717) is 0 Å². The molecule has 0 radical (unpaired) electrons. The highest BCUT2D eigenvalue weighted by molar-refractivity contribution is 7.98. The number of nitrogens with two attached hydrogens (primary N) is 1. The van der Waals surface area contributed by atoms with Gasteiger partial charge in [-0.25, -0.2) is 0 Å². The van der Waals surface area contributed by atoms with Gasteiger partial charge in [-0.3, -0.25) is 0 Å². The molecule has 1 aromatic heterocycles. The zero-order valence-electron chi connectivity index (χ0n) is 7.63. The summed E-state index contributed by atoms with van der Waals surface area (Å²) in [5.74, 6) is 0. The van der Waals surface area contributed by atoms with Gasteiger partial charge in [0.25, 0.3) is 0 Å². The molecular weight excluding hydrogens is 198 g/mol. The minimum atomic E-state index is 0.902. The number of thioether (sulfide) groups is 1. The quantitative estimate of drug-likeness (QED) is 0.727. The van der Waals surface area contributed by atoms with Crippen molar-refractivity contribution in [3.8, 4) is 0 Å². The fourth-order valence-electron chi connectivity index (χ4n) is 1.43. The van der Waals surface area contributed by atoms with Crippen LogP contribution in [-0.2, 0) is 0 Å². The first-order valence-electron chi connectivity index (χ1n) is 4.05. The third kappa shape index (κ3) is 1.42. The van der Waals surface area contributed by atoms with Crippen molar-refractivity contribution in [3.05, 3.63) is 23.8 Å². The van der Waals surface area contributed by atoms with E-state index in [1.807, 2.05) is 0 Å². The SMILES string of the molecule is CSc1ccc(C)c2sc(N)cc12. The second kappa shape index (κ2) is 3.24. The predicted molar refractivity (Wildman–Crippen MR) is 62.8 cm³/mol. The Hall–Kier alpha value is -0.670. The lowest BCUT2D eigenvalue weighted by atomic mass is 10.2. The number of rotatable bonds is 1. The zero-order chi connectivity index (χ0) is 9.42. The molecule has 2 aromatic rings. The van der Waals surface area contributed by atoms with E-state index in [1.54, 1.807) is 23.1 Å². The standard InChI is InChI=1S/C10H11NS2/c1-6-3-4-8(12-2)7-5-9(11)13-10(6)7/h3-5H,11H2,1-2H3. The van der Waals surface area contributed by atoms with Crippen LogP contribution in [0.5, 0.6) is 0 Å². The van der Waals surface area contributed by atoms with Crippen molar-refractivity contribution in [1.82, 2.24) is 0 Å². The number of aryl methyl sites for hydroxylation is 1. The van der Waals surface area contributed by atoms with E-state index in [1.165, 1.54) is 20.5 Å². The van der Waals surface area contributed by atoms with Crippen LogP contribution in [0.2, 0.25) is 0 Å². The van der Waals surface area contributed by atoms with Crippen molar-refractivity contribution >= 4 is 38.2 Å². The lowest BCUT2D eigenvalue weighted by Gasteiger charge is -2.00. The van der Waals surface area contributed by atoms with Crippen molar-refractivity contribution in [1.29, 1.82) is 0 Å². The van der Waals surface area contributed by atoms with Crippen LogP contribution in [0.15, 0.2) is 23.1 Å². The van der Waals surface area contributed by atoms with E-state index < -0.39 is 0 Å². The van der Waals surface area contributed by atoms with Crippen LogP contribution in [0, 0.1) is 6.92 Å². The van der Waals surface area contributed by atoms with Crippen molar-refractivity contribution < 1.29 is 0 Å². The number of hydrogen-bond acceptors (Lipinski definition) is 3. The van der Waals surface area contributed by atoms with E-state index in [2.05, 4.69) is 31.4 Å². The molecular formula is C10H11NS2. The molecule has 0 saturated heterocycles. The minimum Gasteiger partial charge on any atom is -0.391 e. The van der Waals surface area contributed by atoms with Gasteiger partial charge in [-0.1, -0.05) is 6.07 Å². The molecule has 0 aliphatic rings. The van der Waals surface area contributed by atoms with Crippen molar-refractivity contribution in [2.24, 2.45) is 0 Å². The monoisotopic (exact) mass is 209 g/mol. The maximum absolute atomic E-state index is 5.79. The fraction of sp³-hybridized carbons (Fsp3) is 0.200. The summed E-state index contributed by atoms with van der Waals surface area (Å²) in [6.07, 6.45) is 2.10. The summed E-state index contributed by atoms with van der Waals surface area (Å²) in [6.45, 7) is 2.13. The molecule has 68 valence electrons. The van der Waals surface area contributed by atoms with Gasteiger partial charge in [0, 0.05) is 15.0 Å². The Bertz CT molecular complexity index is 445. The third-order valence-corrected chi connectivity index (χ3v) is 3.97. The first-order valence-corrected chi connectivity index (χ1v) is 6.09. The average Bonchev–Trinajstić information content (AvgIpc) is 2.48. The molecule has 0 aliphatic heterocycles. The highest BCUT2D eigenvalue weighted by Gasteiger charge is 2.05. The van der Waals surface area contributed by atoms with Crippen LogP contribution < -0.4 is 5.73 Å². The zero-order valence-corrected chi connectivity index (χ0v) is 9.26. The Morgan fingerprint density at radius 1 is 1.38 bits per heavy atom. The summed E-state index contributed by atoms with van der Waals surface area (Å²) in [4.78, 5) is 1.31. The third-order valence-electron chi connectivity index (χ3n) is 2.08. The maximum Gasteiger partial charge on any atom is 0.0869 e. The van der Waals surface area contributed by atoms with Gasteiger partial charge in [0.1, 0.15) is 0 Å². The number of fused-ring (bicyclic) bond motifs is 1. The molecule has 2 rings (SSSR count). The fourth-order valence-corrected chi connectivity index (χ4v) is 3.00. The molecule has 0 saturated carbocycles. The topological polar surface area (TPSA) is 26.0 Å². The van der Waals surface area contributed by atoms with Gasteiger partial charge in [-0.15, -0.1) is 23.1 Å². The van der Waals surface area contributed by atoms with Gasteiger partial charge in [0.15, 0.2) is 0 Å². The van der Waals surface area contributed by atoms with Gasteiger partial charge in [-0.05, 0) is 30.9 Å². The summed E-state index contributed by atoms with van der Waals surface area (Å²) < 4.78 is 1.32. The molecule has 0 bridgehead atoms. The highest BCUT2D eigenvalue weighted by atomic mass is 32.2.